The number of carbonyl (C=O) groups excluding carboxylic acids is 2. The van der Waals surface area contributed by atoms with Crippen LogP contribution < -0.4 is 5.32 Å². The molecule has 2 amide bonds. The summed E-state index contributed by atoms with van der Waals surface area (Å²) in [7, 11) is -3.56. The molecule has 1 saturated heterocycles. The van der Waals surface area contributed by atoms with Crippen molar-refractivity contribution >= 4 is 45.1 Å². The van der Waals surface area contributed by atoms with E-state index < -0.39 is 22.1 Å². The SMILES string of the molecule is CS(=O)(=O)OC1CCN(C(=O)CNC(=O)c2ccc(Cl)c(Cl)c2)C1. The molecule has 0 aromatic heterocycles. The van der Waals surface area contributed by atoms with Gasteiger partial charge in [-0.2, -0.15) is 8.42 Å². The summed E-state index contributed by atoms with van der Waals surface area (Å²) in [6, 6.07) is 4.41. The second-order valence-electron chi connectivity index (χ2n) is 5.36. The van der Waals surface area contributed by atoms with Crippen molar-refractivity contribution in [1.29, 1.82) is 0 Å². The number of nitrogens with zero attached hydrogens (tertiary/aromatic N) is 1. The number of likely N-dealkylation sites (tertiary alicyclic amines) is 1. The summed E-state index contributed by atoms with van der Waals surface area (Å²) in [4.78, 5) is 25.5. The van der Waals surface area contributed by atoms with Gasteiger partial charge in [-0.15, -0.1) is 0 Å². The van der Waals surface area contributed by atoms with Gasteiger partial charge >= 0.3 is 0 Å². The minimum atomic E-state index is -3.56. The summed E-state index contributed by atoms with van der Waals surface area (Å²) in [5, 5.41) is 3.07. The molecule has 7 nitrogen and oxygen atoms in total. The fourth-order valence-electron chi connectivity index (χ4n) is 2.29. The first-order chi connectivity index (χ1) is 11.2. The van der Waals surface area contributed by atoms with E-state index in [2.05, 4.69) is 5.32 Å². The molecule has 132 valence electrons. The highest BCUT2D eigenvalue weighted by molar-refractivity contribution is 7.86. The minimum absolute atomic E-state index is 0.175. The van der Waals surface area contributed by atoms with Crippen LogP contribution in [-0.4, -0.2) is 57.1 Å². The maximum Gasteiger partial charge on any atom is 0.264 e. The van der Waals surface area contributed by atoms with Crippen molar-refractivity contribution in [3.05, 3.63) is 33.8 Å². The summed E-state index contributed by atoms with van der Waals surface area (Å²) in [6.45, 7) is 0.348. The molecule has 24 heavy (non-hydrogen) atoms. The fourth-order valence-corrected chi connectivity index (χ4v) is 3.24. The van der Waals surface area contributed by atoms with Crippen LogP contribution in [0.25, 0.3) is 0 Å². The standard InChI is InChI=1S/C14H16Cl2N2O5S/c1-24(21,22)23-10-4-5-18(8-10)13(19)7-17-14(20)9-2-3-11(15)12(16)6-9/h2-3,6,10H,4-5,7-8H2,1H3,(H,17,20). The lowest BCUT2D eigenvalue weighted by Crippen LogP contribution is -2.39. The van der Waals surface area contributed by atoms with Crippen molar-refractivity contribution < 1.29 is 22.2 Å². The van der Waals surface area contributed by atoms with Crippen LogP contribution in [0.3, 0.4) is 0 Å². The molecule has 0 spiro atoms. The van der Waals surface area contributed by atoms with Gasteiger partial charge in [0.1, 0.15) is 0 Å². The number of carbonyl (C=O) groups is 2. The fraction of sp³-hybridized carbons (Fsp3) is 0.429. The summed E-state index contributed by atoms with van der Waals surface area (Å²) in [5.74, 6) is -0.770. The van der Waals surface area contributed by atoms with E-state index in [0.717, 1.165) is 6.26 Å². The quantitative estimate of drug-likeness (QED) is 0.759. The summed E-state index contributed by atoms with van der Waals surface area (Å²) in [5.41, 5.74) is 0.289. The molecule has 1 unspecified atom stereocenters. The van der Waals surface area contributed by atoms with Crippen LogP contribution in [0.4, 0.5) is 0 Å². The molecule has 1 N–H and O–H groups in total. The highest BCUT2D eigenvalue weighted by Gasteiger charge is 2.29. The van der Waals surface area contributed by atoms with Gasteiger partial charge in [0, 0.05) is 18.7 Å². The number of hydrogen-bond donors (Lipinski definition) is 1. The van der Waals surface area contributed by atoms with Crippen molar-refractivity contribution in [2.75, 3.05) is 25.9 Å². The van der Waals surface area contributed by atoms with Gasteiger partial charge in [-0.3, -0.25) is 13.8 Å². The number of hydrogen-bond acceptors (Lipinski definition) is 5. The molecule has 0 saturated carbocycles. The Morgan fingerprint density at radius 3 is 2.67 bits per heavy atom. The van der Waals surface area contributed by atoms with Crippen molar-refractivity contribution in [3.8, 4) is 0 Å². The van der Waals surface area contributed by atoms with Gasteiger partial charge in [-0.1, -0.05) is 23.2 Å². The second kappa shape index (κ2) is 7.69. The normalized spacial score (nSPS) is 17.8. The lowest BCUT2D eigenvalue weighted by atomic mass is 10.2. The third-order valence-electron chi connectivity index (χ3n) is 3.39. The van der Waals surface area contributed by atoms with E-state index in [9.17, 15) is 18.0 Å². The molecule has 1 fully saturated rings. The summed E-state index contributed by atoms with van der Waals surface area (Å²) in [6.07, 6.45) is 0.851. The van der Waals surface area contributed by atoms with Crippen molar-refractivity contribution in [2.45, 2.75) is 12.5 Å². The number of nitrogens with one attached hydrogen (secondary N) is 1. The second-order valence-corrected chi connectivity index (χ2v) is 7.78. The molecule has 10 heteroatoms. The van der Waals surface area contributed by atoms with E-state index in [1.165, 1.54) is 23.1 Å². The number of benzene rings is 1. The molecule has 0 aliphatic carbocycles. The molecular weight excluding hydrogens is 379 g/mol. The van der Waals surface area contributed by atoms with Gasteiger partial charge in [0.15, 0.2) is 0 Å². The van der Waals surface area contributed by atoms with Gasteiger partial charge in [-0.25, -0.2) is 0 Å². The van der Waals surface area contributed by atoms with E-state index >= 15 is 0 Å². The average Bonchev–Trinajstić information content (AvgIpc) is 2.93. The van der Waals surface area contributed by atoms with Crippen molar-refractivity contribution in [1.82, 2.24) is 10.2 Å². The average molecular weight is 395 g/mol. The zero-order valence-electron chi connectivity index (χ0n) is 12.8. The molecule has 1 aromatic carbocycles. The third kappa shape index (κ3) is 5.34. The predicted octanol–water partition coefficient (Wildman–Crippen LogP) is 1.30. The van der Waals surface area contributed by atoms with E-state index in [-0.39, 0.29) is 29.6 Å². The van der Waals surface area contributed by atoms with Gasteiger partial charge in [0.2, 0.25) is 5.91 Å². The molecule has 0 radical (unpaired) electrons. The van der Waals surface area contributed by atoms with Crippen LogP contribution in [0, 0.1) is 0 Å². The molecule has 0 bridgehead atoms. The number of rotatable bonds is 5. The molecular formula is C14H16Cl2N2O5S. The zero-order chi connectivity index (χ0) is 17.9. The molecule has 2 rings (SSSR count). The lowest BCUT2D eigenvalue weighted by Gasteiger charge is -2.16. The Kier molecular flexibility index (Phi) is 6.08. The number of halogens is 2. The Bertz CT molecular complexity index is 754. The van der Waals surface area contributed by atoms with Crippen LogP contribution in [-0.2, 0) is 19.1 Å². The van der Waals surface area contributed by atoms with Crippen LogP contribution in [0.15, 0.2) is 18.2 Å². The molecule has 1 heterocycles. The maximum absolute atomic E-state index is 12.1. The Morgan fingerprint density at radius 2 is 2.04 bits per heavy atom. The van der Waals surface area contributed by atoms with Gasteiger partial charge in [0.25, 0.3) is 16.0 Å². The smallest absolute Gasteiger partial charge is 0.264 e. The molecule has 1 aliphatic heterocycles. The van der Waals surface area contributed by atoms with Crippen LogP contribution in [0.2, 0.25) is 10.0 Å². The van der Waals surface area contributed by atoms with Crippen molar-refractivity contribution in [2.24, 2.45) is 0 Å². The van der Waals surface area contributed by atoms with Crippen LogP contribution in [0.1, 0.15) is 16.8 Å². The van der Waals surface area contributed by atoms with E-state index in [4.69, 9.17) is 27.4 Å². The number of amides is 2. The maximum atomic E-state index is 12.1. The van der Waals surface area contributed by atoms with E-state index in [0.29, 0.717) is 18.0 Å². The summed E-state index contributed by atoms with van der Waals surface area (Å²) < 4.78 is 27.0. The lowest BCUT2D eigenvalue weighted by molar-refractivity contribution is -0.129. The zero-order valence-corrected chi connectivity index (χ0v) is 15.1. The molecule has 1 aliphatic rings. The Balaban J connectivity index is 1.85. The highest BCUT2D eigenvalue weighted by atomic mass is 35.5. The largest absolute Gasteiger partial charge is 0.343 e. The third-order valence-corrected chi connectivity index (χ3v) is 4.75. The van der Waals surface area contributed by atoms with Crippen LogP contribution in [0.5, 0.6) is 0 Å². The van der Waals surface area contributed by atoms with Gasteiger partial charge in [0.05, 0.1) is 28.9 Å². The molecule has 1 aromatic rings. The van der Waals surface area contributed by atoms with E-state index in [1.54, 1.807) is 0 Å². The van der Waals surface area contributed by atoms with Crippen LogP contribution >= 0.6 is 23.2 Å². The van der Waals surface area contributed by atoms with Gasteiger partial charge in [-0.05, 0) is 24.6 Å². The summed E-state index contributed by atoms with van der Waals surface area (Å²) >= 11 is 11.6. The minimum Gasteiger partial charge on any atom is -0.343 e. The topological polar surface area (TPSA) is 92.8 Å². The first kappa shape index (κ1) is 19.0. The van der Waals surface area contributed by atoms with E-state index in [1.807, 2.05) is 0 Å². The Hall–Kier alpha value is -1.35. The predicted molar refractivity (Wildman–Crippen MR) is 89.7 cm³/mol. The highest BCUT2D eigenvalue weighted by Crippen LogP contribution is 2.22. The Morgan fingerprint density at radius 1 is 1.33 bits per heavy atom. The first-order valence-electron chi connectivity index (χ1n) is 7.05. The van der Waals surface area contributed by atoms with Gasteiger partial charge < -0.3 is 10.2 Å². The first-order valence-corrected chi connectivity index (χ1v) is 9.62. The van der Waals surface area contributed by atoms with Crippen molar-refractivity contribution in [3.63, 3.8) is 0 Å². The Labute approximate surface area is 150 Å². The molecule has 1 atom stereocenters. The monoisotopic (exact) mass is 394 g/mol.